The number of rotatable bonds is 3. The fourth-order valence-electron chi connectivity index (χ4n) is 2.60. The third kappa shape index (κ3) is 3.37. The summed E-state index contributed by atoms with van der Waals surface area (Å²) in [6.07, 6.45) is 8.96. The molecule has 0 aliphatic carbocycles. The molecular formula is C16H18N4O. The average Bonchev–Trinajstić information content (AvgIpc) is 3.08. The van der Waals surface area contributed by atoms with Crippen LogP contribution in [0.5, 0.6) is 0 Å². The van der Waals surface area contributed by atoms with E-state index in [2.05, 4.69) is 10.3 Å². The van der Waals surface area contributed by atoms with Crippen LogP contribution in [-0.2, 0) is 4.79 Å². The second-order valence-corrected chi connectivity index (χ2v) is 5.18. The van der Waals surface area contributed by atoms with Crippen molar-refractivity contribution in [2.24, 2.45) is 0 Å². The van der Waals surface area contributed by atoms with Crippen LogP contribution in [0.4, 0.5) is 0 Å². The Morgan fingerprint density at radius 1 is 1.19 bits per heavy atom. The predicted molar refractivity (Wildman–Crippen MR) is 80.3 cm³/mol. The lowest BCUT2D eigenvalue weighted by Gasteiger charge is -2.31. The summed E-state index contributed by atoms with van der Waals surface area (Å²) in [5.74, 6) is 0.0795. The first kappa shape index (κ1) is 13.5. The van der Waals surface area contributed by atoms with Crippen LogP contribution >= 0.6 is 0 Å². The summed E-state index contributed by atoms with van der Waals surface area (Å²) < 4.78 is 1.89. The van der Waals surface area contributed by atoms with Gasteiger partial charge in [-0.3, -0.25) is 4.79 Å². The lowest BCUT2D eigenvalue weighted by molar-refractivity contribution is -0.127. The Morgan fingerprint density at radius 2 is 1.95 bits per heavy atom. The Bertz CT molecular complexity index is 598. The highest BCUT2D eigenvalue weighted by molar-refractivity contribution is 5.91. The van der Waals surface area contributed by atoms with E-state index in [4.69, 9.17) is 0 Å². The van der Waals surface area contributed by atoms with Crippen molar-refractivity contribution in [3.05, 3.63) is 54.4 Å². The van der Waals surface area contributed by atoms with Gasteiger partial charge in [0.25, 0.3) is 0 Å². The molecule has 108 valence electrons. The topological polar surface area (TPSA) is 51.0 Å². The van der Waals surface area contributed by atoms with Gasteiger partial charge in [0.15, 0.2) is 0 Å². The number of hydrogen-bond acceptors (Lipinski definition) is 3. The Kier molecular flexibility index (Phi) is 4.09. The summed E-state index contributed by atoms with van der Waals surface area (Å²) in [6.45, 7) is 1.53. The van der Waals surface area contributed by atoms with E-state index in [1.807, 2.05) is 52.2 Å². The number of carbonyl (C=O) groups is 1. The van der Waals surface area contributed by atoms with E-state index in [0.717, 1.165) is 31.5 Å². The number of piperidine rings is 1. The van der Waals surface area contributed by atoms with Gasteiger partial charge in [-0.2, -0.15) is 0 Å². The van der Waals surface area contributed by atoms with E-state index < -0.39 is 0 Å². The van der Waals surface area contributed by atoms with Gasteiger partial charge in [-0.05, 0) is 24.5 Å². The number of nitrogens with zero attached hydrogens (tertiary/aromatic N) is 4. The Labute approximate surface area is 123 Å². The van der Waals surface area contributed by atoms with E-state index in [1.165, 1.54) is 0 Å². The van der Waals surface area contributed by atoms with Crippen molar-refractivity contribution >= 4 is 12.0 Å². The average molecular weight is 282 g/mol. The number of amides is 1. The largest absolute Gasteiger partial charge is 0.339 e. The van der Waals surface area contributed by atoms with Gasteiger partial charge in [-0.25, -0.2) is 4.68 Å². The van der Waals surface area contributed by atoms with Gasteiger partial charge in [0, 0.05) is 25.4 Å². The molecule has 1 aromatic heterocycles. The van der Waals surface area contributed by atoms with Crippen molar-refractivity contribution in [1.82, 2.24) is 19.9 Å². The zero-order valence-electron chi connectivity index (χ0n) is 11.8. The van der Waals surface area contributed by atoms with Crippen molar-refractivity contribution in [2.75, 3.05) is 13.1 Å². The van der Waals surface area contributed by atoms with E-state index in [9.17, 15) is 4.79 Å². The van der Waals surface area contributed by atoms with Crippen molar-refractivity contribution in [1.29, 1.82) is 0 Å². The summed E-state index contributed by atoms with van der Waals surface area (Å²) in [4.78, 5) is 14.1. The van der Waals surface area contributed by atoms with Crippen LogP contribution in [0, 0.1) is 0 Å². The molecule has 1 aliphatic heterocycles. The highest BCUT2D eigenvalue weighted by Gasteiger charge is 2.22. The van der Waals surface area contributed by atoms with Gasteiger partial charge in [-0.1, -0.05) is 35.5 Å². The minimum Gasteiger partial charge on any atom is -0.339 e. The molecule has 21 heavy (non-hydrogen) atoms. The van der Waals surface area contributed by atoms with Crippen LogP contribution in [0.3, 0.4) is 0 Å². The normalized spacial score (nSPS) is 16.5. The third-order valence-electron chi connectivity index (χ3n) is 3.81. The highest BCUT2D eigenvalue weighted by atomic mass is 16.2. The Hall–Kier alpha value is -2.43. The zero-order chi connectivity index (χ0) is 14.5. The monoisotopic (exact) mass is 282 g/mol. The Balaban J connectivity index is 1.54. The summed E-state index contributed by atoms with van der Waals surface area (Å²) in [7, 11) is 0. The van der Waals surface area contributed by atoms with Gasteiger partial charge >= 0.3 is 0 Å². The first-order valence-corrected chi connectivity index (χ1v) is 7.21. The van der Waals surface area contributed by atoms with Gasteiger partial charge in [0.05, 0.1) is 12.2 Å². The molecule has 3 rings (SSSR count). The lowest BCUT2D eigenvalue weighted by Crippen LogP contribution is -2.38. The first-order valence-electron chi connectivity index (χ1n) is 7.21. The molecule has 1 fully saturated rings. The van der Waals surface area contributed by atoms with Crippen LogP contribution in [-0.4, -0.2) is 38.9 Å². The van der Waals surface area contributed by atoms with E-state index in [1.54, 1.807) is 12.3 Å². The van der Waals surface area contributed by atoms with Crippen molar-refractivity contribution < 1.29 is 4.79 Å². The lowest BCUT2D eigenvalue weighted by atomic mass is 10.1. The molecule has 0 unspecified atom stereocenters. The van der Waals surface area contributed by atoms with Gasteiger partial charge in [0.1, 0.15) is 0 Å². The maximum absolute atomic E-state index is 12.2. The quantitative estimate of drug-likeness (QED) is 0.811. The molecule has 0 spiro atoms. The molecule has 0 radical (unpaired) electrons. The number of carbonyl (C=O) groups excluding carboxylic acids is 1. The second-order valence-electron chi connectivity index (χ2n) is 5.18. The SMILES string of the molecule is O=C(C=Cc1ccccc1)N1CCC(n2ccnn2)CC1. The molecule has 5 nitrogen and oxygen atoms in total. The molecule has 5 heteroatoms. The first-order chi connectivity index (χ1) is 10.3. The van der Waals surface area contributed by atoms with E-state index >= 15 is 0 Å². The minimum absolute atomic E-state index is 0.0795. The molecule has 2 heterocycles. The molecule has 0 N–H and O–H groups in total. The van der Waals surface area contributed by atoms with Crippen LogP contribution in [0.1, 0.15) is 24.4 Å². The van der Waals surface area contributed by atoms with Crippen LogP contribution < -0.4 is 0 Å². The fourth-order valence-corrected chi connectivity index (χ4v) is 2.60. The van der Waals surface area contributed by atoms with Crippen LogP contribution in [0.15, 0.2) is 48.8 Å². The van der Waals surface area contributed by atoms with Gasteiger partial charge < -0.3 is 4.90 Å². The predicted octanol–water partition coefficient (Wildman–Crippen LogP) is 2.16. The summed E-state index contributed by atoms with van der Waals surface area (Å²) >= 11 is 0. The van der Waals surface area contributed by atoms with Crippen molar-refractivity contribution in [3.8, 4) is 0 Å². The van der Waals surface area contributed by atoms with Crippen LogP contribution in [0.25, 0.3) is 6.08 Å². The molecule has 1 aliphatic rings. The van der Waals surface area contributed by atoms with E-state index in [-0.39, 0.29) is 5.91 Å². The van der Waals surface area contributed by atoms with Crippen molar-refractivity contribution in [3.63, 3.8) is 0 Å². The molecule has 1 amide bonds. The smallest absolute Gasteiger partial charge is 0.246 e. The maximum atomic E-state index is 12.2. The molecule has 0 atom stereocenters. The van der Waals surface area contributed by atoms with Gasteiger partial charge in [0.2, 0.25) is 5.91 Å². The number of aromatic nitrogens is 3. The van der Waals surface area contributed by atoms with Crippen molar-refractivity contribution in [2.45, 2.75) is 18.9 Å². The number of benzene rings is 1. The fraction of sp³-hybridized carbons (Fsp3) is 0.312. The minimum atomic E-state index is 0.0795. The number of likely N-dealkylation sites (tertiary alicyclic amines) is 1. The van der Waals surface area contributed by atoms with Crippen LogP contribution in [0.2, 0.25) is 0 Å². The maximum Gasteiger partial charge on any atom is 0.246 e. The van der Waals surface area contributed by atoms with Gasteiger partial charge in [-0.15, -0.1) is 5.10 Å². The molecule has 0 saturated carbocycles. The van der Waals surface area contributed by atoms with E-state index in [0.29, 0.717) is 6.04 Å². The molecule has 1 saturated heterocycles. The molecule has 2 aromatic rings. The summed E-state index contributed by atoms with van der Waals surface area (Å²) in [6, 6.07) is 10.2. The summed E-state index contributed by atoms with van der Waals surface area (Å²) in [5, 5.41) is 7.87. The zero-order valence-corrected chi connectivity index (χ0v) is 11.8. The second kappa shape index (κ2) is 6.35. The Morgan fingerprint density at radius 3 is 2.62 bits per heavy atom. The highest BCUT2D eigenvalue weighted by Crippen LogP contribution is 2.21. The third-order valence-corrected chi connectivity index (χ3v) is 3.81. The number of hydrogen-bond donors (Lipinski definition) is 0. The molecular weight excluding hydrogens is 264 g/mol. The standard InChI is InChI=1S/C16H18N4O/c21-16(7-6-14-4-2-1-3-5-14)19-11-8-15(9-12-19)20-13-10-17-18-20/h1-7,10,13,15H,8-9,11-12H2. The molecule has 1 aromatic carbocycles. The molecule has 0 bridgehead atoms. The summed E-state index contributed by atoms with van der Waals surface area (Å²) in [5.41, 5.74) is 1.04.